The lowest BCUT2D eigenvalue weighted by Gasteiger charge is -2.14. The van der Waals surface area contributed by atoms with Crippen LogP contribution in [0.15, 0.2) is 41.5 Å². The third-order valence-corrected chi connectivity index (χ3v) is 3.70. The molecule has 2 rings (SSSR count). The summed E-state index contributed by atoms with van der Waals surface area (Å²) in [6.45, 7) is 2.37. The van der Waals surface area contributed by atoms with E-state index in [1.54, 1.807) is 50.6 Å². The highest BCUT2D eigenvalue weighted by Gasteiger charge is 2.13. The molecule has 0 saturated heterocycles. The third-order valence-electron chi connectivity index (χ3n) is 3.45. The first-order valence-electron chi connectivity index (χ1n) is 8.02. The van der Waals surface area contributed by atoms with E-state index in [-0.39, 0.29) is 12.3 Å². The van der Waals surface area contributed by atoms with Crippen LogP contribution in [0.4, 0.5) is 0 Å². The minimum atomic E-state index is -0.228. The molecule has 0 fully saturated rings. The standard InChI is InChI=1S/C19H21ClN2O4/c1-4-26-19-16(24-2)9-14(10-17(19)25-3)12-21-22-18(23)11-13-5-7-15(20)8-6-13/h5-10,12H,4,11H2,1-3H3,(H,22,23)/b21-12-. The number of hydrogen-bond acceptors (Lipinski definition) is 5. The lowest BCUT2D eigenvalue weighted by Crippen LogP contribution is -2.19. The van der Waals surface area contributed by atoms with Gasteiger partial charge < -0.3 is 14.2 Å². The molecule has 0 heterocycles. The molecule has 0 aromatic heterocycles. The zero-order valence-electron chi connectivity index (χ0n) is 14.9. The van der Waals surface area contributed by atoms with Crippen LogP contribution in [-0.2, 0) is 11.2 Å². The molecule has 0 unspecified atom stereocenters. The predicted molar refractivity (Wildman–Crippen MR) is 102 cm³/mol. The minimum Gasteiger partial charge on any atom is -0.493 e. The highest BCUT2D eigenvalue weighted by Crippen LogP contribution is 2.38. The highest BCUT2D eigenvalue weighted by molar-refractivity contribution is 6.30. The number of hydrogen-bond donors (Lipinski definition) is 1. The van der Waals surface area contributed by atoms with E-state index in [9.17, 15) is 4.79 Å². The van der Waals surface area contributed by atoms with Gasteiger partial charge in [0, 0.05) is 10.6 Å². The minimum absolute atomic E-state index is 0.213. The van der Waals surface area contributed by atoms with Crippen molar-refractivity contribution in [1.29, 1.82) is 0 Å². The van der Waals surface area contributed by atoms with E-state index in [4.69, 9.17) is 25.8 Å². The maximum Gasteiger partial charge on any atom is 0.244 e. The Morgan fingerprint density at radius 1 is 1.15 bits per heavy atom. The normalized spacial score (nSPS) is 10.6. The fourth-order valence-corrected chi connectivity index (χ4v) is 2.39. The first kappa shape index (κ1) is 19.6. The predicted octanol–water partition coefficient (Wildman–Crippen LogP) is 3.45. The molecule has 0 aliphatic rings. The Labute approximate surface area is 157 Å². The number of halogens is 1. The maximum absolute atomic E-state index is 11.9. The Bertz CT molecular complexity index is 751. The number of amides is 1. The molecule has 0 saturated carbocycles. The number of rotatable bonds is 8. The van der Waals surface area contributed by atoms with Gasteiger partial charge in [0.2, 0.25) is 11.7 Å². The molecule has 6 nitrogen and oxygen atoms in total. The number of methoxy groups -OCH3 is 2. The second-order valence-electron chi connectivity index (χ2n) is 5.28. The SMILES string of the molecule is CCOc1c(OC)cc(/C=N\NC(=O)Cc2ccc(Cl)cc2)cc1OC. The lowest BCUT2D eigenvalue weighted by atomic mass is 10.1. The summed E-state index contributed by atoms with van der Waals surface area (Å²) in [5.74, 6) is 1.36. The summed E-state index contributed by atoms with van der Waals surface area (Å²) >= 11 is 5.83. The van der Waals surface area contributed by atoms with E-state index in [0.29, 0.717) is 34.4 Å². The monoisotopic (exact) mass is 376 g/mol. The molecule has 26 heavy (non-hydrogen) atoms. The molecule has 0 radical (unpaired) electrons. The fourth-order valence-electron chi connectivity index (χ4n) is 2.27. The van der Waals surface area contributed by atoms with Crippen molar-refractivity contribution < 1.29 is 19.0 Å². The van der Waals surface area contributed by atoms with E-state index in [1.165, 1.54) is 6.21 Å². The van der Waals surface area contributed by atoms with Gasteiger partial charge in [0.25, 0.3) is 0 Å². The van der Waals surface area contributed by atoms with Gasteiger partial charge in [0.05, 0.1) is 33.5 Å². The van der Waals surface area contributed by atoms with Crippen LogP contribution < -0.4 is 19.6 Å². The lowest BCUT2D eigenvalue weighted by molar-refractivity contribution is -0.120. The number of ether oxygens (including phenoxy) is 3. The first-order valence-corrected chi connectivity index (χ1v) is 8.40. The number of carbonyl (C=O) groups is 1. The van der Waals surface area contributed by atoms with Crippen LogP contribution in [0.2, 0.25) is 5.02 Å². The van der Waals surface area contributed by atoms with Gasteiger partial charge >= 0.3 is 0 Å². The average Bonchev–Trinajstić information content (AvgIpc) is 2.64. The maximum atomic E-state index is 11.9. The van der Waals surface area contributed by atoms with E-state index in [0.717, 1.165) is 5.56 Å². The average molecular weight is 377 g/mol. The number of hydrazone groups is 1. The largest absolute Gasteiger partial charge is 0.493 e. The van der Waals surface area contributed by atoms with Gasteiger partial charge in [-0.1, -0.05) is 23.7 Å². The van der Waals surface area contributed by atoms with Crippen molar-refractivity contribution in [3.05, 3.63) is 52.5 Å². The van der Waals surface area contributed by atoms with Gasteiger partial charge in [-0.3, -0.25) is 4.79 Å². The Kier molecular flexibility index (Phi) is 7.29. The molecule has 7 heteroatoms. The molecule has 2 aromatic rings. The summed E-state index contributed by atoms with van der Waals surface area (Å²) in [7, 11) is 3.10. The van der Waals surface area contributed by atoms with Crippen molar-refractivity contribution in [1.82, 2.24) is 5.43 Å². The summed E-state index contributed by atoms with van der Waals surface area (Å²) in [5.41, 5.74) is 4.05. The summed E-state index contributed by atoms with van der Waals surface area (Å²) in [5, 5.41) is 4.61. The van der Waals surface area contributed by atoms with Crippen LogP contribution >= 0.6 is 11.6 Å². The quantitative estimate of drug-likeness (QED) is 0.566. The molecule has 0 aliphatic heterocycles. The van der Waals surface area contributed by atoms with Crippen LogP contribution in [0.25, 0.3) is 0 Å². The molecular formula is C19H21ClN2O4. The summed E-state index contributed by atoms with van der Waals surface area (Å²) < 4.78 is 16.2. The van der Waals surface area contributed by atoms with Gasteiger partial charge in [0.15, 0.2) is 11.5 Å². The van der Waals surface area contributed by atoms with Gasteiger partial charge in [-0.05, 0) is 36.8 Å². The highest BCUT2D eigenvalue weighted by atomic mass is 35.5. The Morgan fingerprint density at radius 2 is 1.77 bits per heavy atom. The Hall–Kier alpha value is -2.73. The zero-order valence-corrected chi connectivity index (χ0v) is 15.7. The number of nitrogens with zero attached hydrogens (tertiary/aromatic N) is 1. The molecule has 1 N–H and O–H groups in total. The molecule has 0 aliphatic carbocycles. The fraction of sp³-hybridized carbons (Fsp3) is 0.263. The van der Waals surface area contributed by atoms with Crippen LogP contribution in [0.1, 0.15) is 18.1 Å². The first-order chi connectivity index (χ1) is 12.6. The van der Waals surface area contributed by atoms with Crippen molar-refractivity contribution in [3.8, 4) is 17.2 Å². The number of benzene rings is 2. The van der Waals surface area contributed by atoms with Crippen LogP contribution in [0.3, 0.4) is 0 Å². The smallest absolute Gasteiger partial charge is 0.244 e. The van der Waals surface area contributed by atoms with Gasteiger partial charge in [0.1, 0.15) is 0 Å². The summed E-state index contributed by atoms with van der Waals surface area (Å²) in [6, 6.07) is 10.6. The molecule has 2 aromatic carbocycles. The second kappa shape index (κ2) is 9.68. The Balaban J connectivity index is 2.04. The molecule has 1 amide bonds. The van der Waals surface area contributed by atoms with Gasteiger partial charge in [-0.2, -0.15) is 5.10 Å². The van der Waals surface area contributed by atoms with E-state index < -0.39 is 0 Å². The zero-order chi connectivity index (χ0) is 18.9. The summed E-state index contributed by atoms with van der Waals surface area (Å²) in [4.78, 5) is 11.9. The summed E-state index contributed by atoms with van der Waals surface area (Å²) in [6.07, 6.45) is 1.73. The van der Waals surface area contributed by atoms with Gasteiger partial charge in [-0.25, -0.2) is 5.43 Å². The molecule has 0 bridgehead atoms. The van der Waals surface area contributed by atoms with Crippen LogP contribution in [0, 0.1) is 0 Å². The van der Waals surface area contributed by atoms with Crippen molar-refractivity contribution in [2.45, 2.75) is 13.3 Å². The molecule has 0 spiro atoms. The molecule has 138 valence electrons. The van der Waals surface area contributed by atoms with E-state index in [1.807, 2.05) is 6.92 Å². The number of nitrogens with one attached hydrogen (secondary N) is 1. The topological polar surface area (TPSA) is 69.2 Å². The van der Waals surface area contributed by atoms with Crippen molar-refractivity contribution in [3.63, 3.8) is 0 Å². The van der Waals surface area contributed by atoms with Crippen molar-refractivity contribution >= 4 is 23.7 Å². The van der Waals surface area contributed by atoms with Crippen molar-refractivity contribution in [2.75, 3.05) is 20.8 Å². The van der Waals surface area contributed by atoms with E-state index >= 15 is 0 Å². The molecular weight excluding hydrogens is 356 g/mol. The van der Waals surface area contributed by atoms with Gasteiger partial charge in [-0.15, -0.1) is 0 Å². The second-order valence-corrected chi connectivity index (χ2v) is 5.72. The third kappa shape index (κ3) is 5.39. The van der Waals surface area contributed by atoms with E-state index in [2.05, 4.69) is 10.5 Å². The Morgan fingerprint density at radius 3 is 2.31 bits per heavy atom. The van der Waals surface area contributed by atoms with Crippen LogP contribution in [-0.4, -0.2) is 32.9 Å². The molecule has 0 atom stereocenters. The van der Waals surface area contributed by atoms with Crippen LogP contribution in [0.5, 0.6) is 17.2 Å². The number of carbonyl (C=O) groups excluding carboxylic acids is 1. The van der Waals surface area contributed by atoms with Crippen molar-refractivity contribution in [2.24, 2.45) is 5.10 Å².